The van der Waals surface area contributed by atoms with Crippen LogP contribution in [0.1, 0.15) is 44.6 Å². The Balaban J connectivity index is 1.43. The summed E-state index contributed by atoms with van der Waals surface area (Å²) >= 11 is 0. The van der Waals surface area contributed by atoms with Crippen LogP contribution < -0.4 is 10.6 Å². The molecule has 5 heteroatoms. The molecule has 2 atom stereocenters. The lowest BCUT2D eigenvalue weighted by atomic mass is 9.64. The van der Waals surface area contributed by atoms with Crippen molar-refractivity contribution in [3.8, 4) is 0 Å². The van der Waals surface area contributed by atoms with Crippen LogP contribution in [0.3, 0.4) is 0 Å². The third-order valence-corrected chi connectivity index (χ3v) is 5.49. The quantitative estimate of drug-likeness (QED) is 0.806. The van der Waals surface area contributed by atoms with Crippen LogP contribution in [-0.2, 0) is 15.0 Å². The lowest BCUT2D eigenvalue weighted by molar-refractivity contribution is -0.123. The molecule has 0 bridgehead atoms. The molecular weight excluding hydrogens is 307 g/mol. The zero-order valence-corrected chi connectivity index (χ0v) is 14.1. The molecular formula is C19H25FN2O2. The second kappa shape index (κ2) is 6.91. The van der Waals surface area contributed by atoms with Gasteiger partial charge in [0.2, 0.25) is 11.8 Å². The molecule has 130 valence electrons. The van der Waals surface area contributed by atoms with Crippen LogP contribution in [0.5, 0.6) is 0 Å². The van der Waals surface area contributed by atoms with Crippen LogP contribution in [0.25, 0.3) is 0 Å². The van der Waals surface area contributed by atoms with E-state index in [4.69, 9.17) is 0 Å². The number of rotatable bonds is 7. The standard InChI is InChI=1S/C19H25FN2O2/c1-13-11-16(13)18(24)21-10-7-17(23)22-12-19(8-2-9-19)14-3-5-15(20)6-4-14/h3-6,13,16H,2,7-12H2,1H3,(H,21,24)(H,22,23)/t13-,16+/m1/s1. The van der Waals surface area contributed by atoms with Gasteiger partial charge < -0.3 is 10.6 Å². The Bertz CT molecular complexity index is 610. The summed E-state index contributed by atoms with van der Waals surface area (Å²) in [4.78, 5) is 23.7. The molecule has 0 unspecified atom stereocenters. The van der Waals surface area contributed by atoms with Crippen LogP contribution >= 0.6 is 0 Å². The maximum atomic E-state index is 13.1. The van der Waals surface area contributed by atoms with Gasteiger partial charge in [-0.15, -0.1) is 0 Å². The molecule has 0 aromatic heterocycles. The molecule has 2 aliphatic rings. The summed E-state index contributed by atoms with van der Waals surface area (Å²) in [6.07, 6.45) is 4.40. The van der Waals surface area contributed by atoms with E-state index in [0.717, 1.165) is 31.2 Å². The van der Waals surface area contributed by atoms with Gasteiger partial charge in [0.1, 0.15) is 5.82 Å². The summed E-state index contributed by atoms with van der Waals surface area (Å²) in [6.45, 7) is 3.02. The number of benzene rings is 1. The highest BCUT2D eigenvalue weighted by Gasteiger charge is 2.39. The van der Waals surface area contributed by atoms with Crippen LogP contribution in [0.15, 0.2) is 24.3 Å². The predicted molar refractivity (Wildman–Crippen MR) is 89.8 cm³/mol. The molecule has 1 aromatic carbocycles. The average molecular weight is 332 g/mol. The second-order valence-corrected chi connectivity index (χ2v) is 7.28. The first-order chi connectivity index (χ1) is 11.5. The maximum absolute atomic E-state index is 13.1. The lowest BCUT2D eigenvalue weighted by Gasteiger charge is -2.42. The Labute approximate surface area is 142 Å². The van der Waals surface area contributed by atoms with Gasteiger partial charge in [-0.25, -0.2) is 4.39 Å². The molecule has 24 heavy (non-hydrogen) atoms. The van der Waals surface area contributed by atoms with E-state index >= 15 is 0 Å². The van der Waals surface area contributed by atoms with Crippen molar-refractivity contribution < 1.29 is 14.0 Å². The lowest BCUT2D eigenvalue weighted by Crippen LogP contribution is -2.46. The van der Waals surface area contributed by atoms with E-state index in [1.165, 1.54) is 12.1 Å². The van der Waals surface area contributed by atoms with Gasteiger partial charge in [-0.3, -0.25) is 9.59 Å². The Morgan fingerprint density at radius 1 is 1.21 bits per heavy atom. The Kier molecular flexibility index (Phi) is 4.88. The van der Waals surface area contributed by atoms with Crippen molar-refractivity contribution >= 4 is 11.8 Å². The average Bonchev–Trinajstić information content (AvgIpc) is 3.25. The molecule has 2 saturated carbocycles. The minimum Gasteiger partial charge on any atom is -0.355 e. The number of carbonyl (C=O) groups is 2. The molecule has 2 N–H and O–H groups in total. The second-order valence-electron chi connectivity index (χ2n) is 7.28. The number of carbonyl (C=O) groups excluding carboxylic acids is 2. The van der Waals surface area contributed by atoms with Gasteiger partial charge in [-0.1, -0.05) is 25.5 Å². The zero-order valence-electron chi connectivity index (χ0n) is 14.1. The summed E-state index contributed by atoms with van der Waals surface area (Å²) in [5, 5.41) is 5.81. The minimum absolute atomic E-state index is 0.0486. The van der Waals surface area contributed by atoms with Crippen LogP contribution in [0.2, 0.25) is 0 Å². The van der Waals surface area contributed by atoms with E-state index in [1.54, 1.807) is 0 Å². The van der Waals surface area contributed by atoms with Crippen molar-refractivity contribution in [3.05, 3.63) is 35.6 Å². The highest BCUT2D eigenvalue weighted by molar-refractivity contribution is 5.82. The SMILES string of the molecule is C[C@@H]1C[C@@H]1C(=O)NCCC(=O)NCC1(c2ccc(F)cc2)CCC1. The van der Waals surface area contributed by atoms with E-state index in [2.05, 4.69) is 17.6 Å². The molecule has 4 nitrogen and oxygen atoms in total. The fraction of sp³-hybridized carbons (Fsp3) is 0.579. The van der Waals surface area contributed by atoms with Gasteiger partial charge in [0, 0.05) is 30.8 Å². The zero-order chi connectivity index (χ0) is 17.2. The van der Waals surface area contributed by atoms with Crippen LogP contribution in [0.4, 0.5) is 4.39 Å². The number of hydrogen-bond acceptors (Lipinski definition) is 2. The molecule has 0 saturated heterocycles. The fourth-order valence-corrected chi connectivity index (χ4v) is 3.45. The van der Waals surface area contributed by atoms with Crippen molar-refractivity contribution in [3.63, 3.8) is 0 Å². The maximum Gasteiger partial charge on any atom is 0.223 e. The Morgan fingerprint density at radius 2 is 1.88 bits per heavy atom. The highest BCUT2D eigenvalue weighted by atomic mass is 19.1. The molecule has 0 spiro atoms. The molecule has 2 fully saturated rings. The molecule has 0 heterocycles. The molecule has 0 aliphatic heterocycles. The van der Waals surface area contributed by atoms with Gasteiger partial charge in [0.05, 0.1) is 0 Å². The summed E-state index contributed by atoms with van der Waals surface area (Å²) in [6, 6.07) is 6.59. The normalized spacial score (nSPS) is 23.9. The van der Waals surface area contributed by atoms with Gasteiger partial charge in [0.15, 0.2) is 0 Å². The van der Waals surface area contributed by atoms with E-state index in [-0.39, 0.29) is 29.0 Å². The van der Waals surface area contributed by atoms with Crippen LogP contribution in [0, 0.1) is 17.7 Å². The summed E-state index contributed by atoms with van der Waals surface area (Å²) in [7, 11) is 0. The third-order valence-electron chi connectivity index (χ3n) is 5.49. The van der Waals surface area contributed by atoms with E-state index in [9.17, 15) is 14.0 Å². The Hall–Kier alpha value is -1.91. The number of amides is 2. The minimum atomic E-state index is -0.238. The molecule has 3 rings (SSSR count). The topological polar surface area (TPSA) is 58.2 Å². The molecule has 0 radical (unpaired) electrons. The summed E-state index contributed by atoms with van der Waals surface area (Å²) in [5.74, 6) is 0.403. The van der Waals surface area contributed by atoms with E-state index < -0.39 is 0 Å². The van der Waals surface area contributed by atoms with Crippen molar-refractivity contribution in [1.29, 1.82) is 0 Å². The van der Waals surface area contributed by atoms with Crippen LogP contribution in [-0.4, -0.2) is 24.9 Å². The Morgan fingerprint density at radius 3 is 2.42 bits per heavy atom. The first-order valence-corrected chi connectivity index (χ1v) is 8.81. The molecule has 2 amide bonds. The predicted octanol–water partition coefficient (Wildman–Crippen LogP) is 2.53. The number of halogens is 1. The van der Waals surface area contributed by atoms with E-state index in [0.29, 0.717) is 25.4 Å². The highest BCUT2D eigenvalue weighted by Crippen LogP contribution is 2.43. The van der Waals surface area contributed by atoms with Crippen molar-refractivity contribution in [2.24, 2.45) is 11.8 Å². The van der Waals surface area contributed by atoms with Crippen molar-refractivity contribution in [2.75, 3.05) is 13.1 Å². The number of nitrogens with one attached hydrogen (secondary N) is 2. The van der Waals surface area contributed by atoms with Gasteiger partial charge in [-0.2, -0.15) is 0 Å². The smallest absolute Gasteiger partial charge is 0.223 e. The summed E-state index contributed by atoms with van der Waals surface area (Å²) in [5.41, 5.74) is 1.03. The monoisotopic (exact) mass is 332 g/mol. The van der Waals surface area contributed by atoms with E-state index in [1.807, 2.05) is 12.1 Å². The largest absolute Gasteiger partial charge is 0.355 e. The van der Waals surface area contributed by atoms with Gasteiger partial charge in [-0.05, 0) is 42.9 Å². The fourth-order valence-electron chi connectivity index (χ4n) is 3.45. The summed E-state index contributed by atoms with van der Waals surface area (Å²) < 4.78 is 13.1. The van der Waals surface area contributed by atoms with Gasteiger partial charge >= 0.3 is 0 Å². The molecule has 1 aromatic rings. The van der Waals surface area contributed by atoms with Gasteiger partial charge in [0.25, 0.3) is 0 Å². The molecule has 2 aliphatic carbocycles. The first kappa shape index (κ1) is 16.9. The van der Waals surface area contributed by atoms with Crippen molar-refractivity contribution in [1.82, 2.24) is 10.6 Å². The van der Waals surface area contributed by atoms with Crippen molar-refractivity contribution in [2.45, 2.75) is 44.4 Å². The number of hydrogen-bond donors (Lipinski definition) is 2. The first-order valence-electron chi connectivity index (χ1n) is 8.81. The third kappa shape index (κ3) is 3.77.